The summed E-state index contributed by atoms with van der Waals surface area (Å²) in [6.07, 6.45) is 6.37. The van der Waals surface area contributed by atoms with Crippen molar-refractivity contribution in [2.45, 2.75) is 70.2 Å². The third kappa shape index (κ3) is 10.2. The third-order valence-electron chi connectivity index (χ3n) is 12.1. The van der Waals surface area contributed by atoms with Crippen LogP contribution in [0.3, 0.4) is 0 Å². The number of β-amino-alcohol motifs (C(OH)–C–C–N with tert-alkyl or cyclic N) is 1. The molecule has 3 aliphatic rings. The molecule has 0 spiro atoms. The number of rotatable bonds is 13. The standard InChI is InChI=1S/C46H55FN8O5/c1-31-29-59-22-20-55(31)28-34-23-32(27-54-16-4-15-53(17-18-54)19-21-56)9-14-39(34)33-5-2-6-38(24-33)60-46-41(25-35(47)26-48-46)45(58)52-37-12-10-36(11-13-37)51-44(57)40-7-3-8-42-43(40)50-30-49-42/h2-3,5-9,14,23-26,30-31,36-37,56H,4,10-13,15-22,27-29H2,1H3,(H,49,50)(H,51,57)(H,52,58)/t31-,36?,37?/m0/s1. The summed E-state index contributed by atoms with van der Waals surface area (Å²) in [6, 6.07) is 21.2. The normalized spacial score (nSPS) is 20.8. The molecule has 3 fully saturated rings. The van der Waals surface area contributed by atoms with Gasteiger partial charge in [0.25, 0.3) is 11.8 Å². The number of carbonyl (C=O) groups excluding carboxylic acids is 2. The predicted octanol–water partition coefficient (Wildman–Crippen LogP) is 5.75. The number of benzene rings is 3. The summed E-state index contributed by atoms with van der Waals surface area (Å²) in [6.45, 7) is 10.9. The van der Waals surface area contributed by atoms with E-state index in [4.69, 9.17) is 9.47 Å². The van der Waals surface area contributed by atoms with Crippen molar-refractivity contribution < 1.29 is 28.6 Å². The van der Waals surface area contributed by atoms with Crippen molar-refractivity contribution in [1.29, 1.82) is 0 Å². The molecule has 4 N–H and O–H groups in total. The molecule has 8 rings (SSSR count). The molecule has 0 radical (unpaired) electrons. The van der Waals surface area contributed by atoms with Crippen LogP contribution in [0.2, 0.25) is 0 Å². The third-order valence-corrected chi connectivity index (χ3v) is 12.1. The van der Waals surface area contributed by atoms with Gasteiger partial charge in [-0.1, -0.05) is 36.4 Å². The van der Waals surface area contributed by atoms with Gasteiger partial charge in [0.2, 0.25) is 5.88 Å². The number of hydrogen-bond donors (Lipinski definition) is 4. The van der Waals surface area contributed by atoms with Crippen LogP contribution in [0.15, 0.2) is 79.3 Å². The molecular weight excluding hydrogens is 764 g/mol. The van der Waals surface area contributed by atoms with Crippen molar-refractivity contribution in [3.05, 3.63) is 107 Å². The number of morpholine rings is 1. The van der Waals surface area contributed by atoms with Gasteiger partial charge in [-0.3, -0.25) is 24.3 Å². The zero-order valence-corrected chi connectivity index (χ0v) is 34.2. The highest BCUT2D eigenvalue weighted by Crippen LogP contribution is 2.33. The average molecular weight is 819 g/mol. The topological polar surface area (TPSA) is 148 Å². The van der Waals surface area contributed by atoms with Crippen LogP contribution in [-0.2, 0) is 17.8 Å². The number of pyridine rings is 1. The van der Waals surface area contributed by atoms with Gasteiger partial charge in [-0.2, -0.15) is 0 Å². The van der Waals surface area contributed by atoms with E-state index in [2.05, 4.69) is 71.5 Å². The van der Waals surface area contributed by atoms with Gasteiger partial charge in [-0.05, 0) is 105 Å². The van der Waals surface area contributed by atoms with Gasteiger partial charge >= 0.3 is 0 Å². The van der Waals surface area contributed by atoms with E-state index in [1.54, 1.807) is 12.4 Å². The fourth-order valence-corrected chi connectivity index (χ4v) is 8.75. The Labute approximate surface area is 350 Å². The van der Waals surface area contributed by atoms with Crippen LogP contribution in [0.1, 0.15) is 70.9 Å². The number of nitrogens with zero attached hydrogens (tertiary/aromatic N) is 5. The molecule has 60 heavy (non-hydrogen) atoms. The number of imidazole rings is 1. The van der Waals surface area contributed by atoms with Gasteiger partial charge in [0.15, 0.2) is 0 Å². The first-order valence-corrected chi connectivity index (χ1v) is 21.3. The predicted molar refractivity (Wildman–Crippen MR) is 227 cm³/mol. The lowest BCUT2D eigenvalue weighted by Gasteiger charge is -2.34. The molecule has 2 aromatic heterocycles. The maximum absolute atomic E-state index is 14.6. The van der Waals surface area contributed by atoms with Crippen molar-refractivity contribution in [3.63, 3.8) is 0 Å². The number of nitrogens with one attached hydrogen (secondary N) is 3. The number of fused-ring (bicyclic) bond motifs is 1. The summed E-state index contributed by atoms with van der Waals surface area (Å²) in [7, 11) is 0. The monoisotopic (exact) mass is 818 g/mol. The summed E-state index contributed by atoms with van der Waals surface area (Å²) in [5.74, 6) is -0.771. The Morgan fingerprint density at radius 3 is 2.45 bits per heavy atom. The Kier molecular flexibility index (Phi) is 13.4. The van der Waals surface area contributed by atoms with Crippen LogP contribution >= 0.6 is 0 Å². The largest absolute Gasteiger partial charge is 0.438 e. The maximum Gasteiger partial charge on any atom is 0.257 e. The fraction of sp³-hybridized carbons (Fsp3) is 0.435. The fourth-order valence-electron chi connectivity index (χ4n) is 8.75. The molecule has 0 unspecified atom stereocenters. The van der Waals surface area contributed by atoms with E-state index in [1.807, 2.05) is 30.3 Å². The zero-order chi connectivity index (χ0) is 41.4. The highest BCUT2D eigenvalue weighted by molar-refractivity contribution is 6.04. The van der Waals surface area contributed by atoms with Crippen LogP contribution in [-0.4, -0.2) is 124 Å². The van der Waals surface area contributed by atoms with Gasteiger partial charge in [0, 0.05) is 57.4 Å². The second kappa shape index (κ2) is 19.4. The van der Waals surface area contributed by atoms with Gasteiger partial charge in [0.1, 0.15) is 22.6 Å². The van der Waals surface area contributed by atoms with Crippen LogP contribution in [0.5, 0.6) is 11.6 Å². The number of hydrogen-bond acceptors (Lipinski definition) is 10. The first-order valence-electron chi connectivity index (χ1n) is 21.3. The molecule has 4 heterocycles. The lowest BCUT2D eigenvalue weighted by atomic mass is 9.90. The van der Waals surface area contributed by atoms with Crippen molar-refractivity contribution in [1.82, 2.24) is 40.3 Å². The zero-order valence-electron chi connectivity index (χ0n) is 34.2. The van der Waals surface area contributed by atoms with Gasteiger partial charge < -0.3 is 30.2 Å². The number of aliphatic hydroxyl groups is 1. The highest BCUT2D eigenvalue weighted by Gasteiger charge is 2.27. The number of halogens is 1. The van der Waals surface area contributed by atoms with Crippen molar-refractivity contribution in [2.75, 3.05) is 59.1 Å². The summed E-state index contributed by atoms with van der Waals surface area (Å²) in [4.78, 5) is 45.7. The van der Waals surface area contributed by atoms with Gasteiger partial charge in [-0.15, -0.1) is 0 Å². The van der Waals surface area contributed by atoms with E-state index in [0.29, 0.717) is 55.7 Å². The van der Waals surface area contributed by atoms with Gasteiger partial charge in [-0.25, -0.2) is 14.4 Å². The minimum Gasteiger partial charge on any atom is -0.438 e. The maximum atomic E-state index is 14.6. The molecular formula is C46H55FN8O5. The van der Waals surface area contributed by atoms with Crippen LogP contribution in [0, 0.1) is 5.82 Å². The number of ether oxygens (including phenoxy) is 2. The second-order valence-corrected chi connectivity index (χ2v) is 16.3. The van der Waals surface area contributed by atoms with E-state index >= 15 is 0 Å². The minimum atomic E-state index is -0.635. The van der Waals surface area contributed by atoms with Crippen LogP contribution < -0.4 is 15.4 Å². The number of H-pyrrole nitrogens is 1. The Morgan fingerprint density at radius 1 is 0.883 bits per heavy atom. The molecule has 1 atom stereocenters. The SMILES string of the molecule is C[C@H]1COCCN1Cc1cc(CN2CCCN(CCO)CC2)ccc1-c1cccc(Oc2ncc(F)cc2C(=O)NC2CCC(NC(=O)c3cccc4[nH]cnc34)CC2)c1. The number of para-hydroxylation sites is 1. The molecule has 14 heteroatoms. The Bertz CT molecular complexity index is 2260. The number of aromatic nitrogens is 3. The van der Waals surface area contributed by atoms with Crippen molar-refractivity contribution in [2.24, 2.45) is 0 Å². The lowest BCUT2D eigenvalue weighted by Crippen LogP contribution is -2.44. The summed E-state index contributed by atoms with van der Waals surface area (Å²) in [5.41, 5.74) is 6.48. The molecule has 0 bridgehead atoms. The number of aliphatic hydroxyl groups excluding tert-OH is 1. The van der Waals surface area contributed by atoms with E-state index < -0.39 is 11.7 Å². The molecule has 13 nitrogen and oxygen atoms in total. The number of aromatic amines is 1. The molecule has 5 aromatic rings. The molecule has 2 amide bonds. The Morgan fingerprint density at radius 2 is 1.65 bits per heavy atom. The summed E-state index contributed by atoms with van der Waals surface area (Å²) < 4.78 is 26.7. The molecule has 1 saturated carbocycles. The molecule has 2 aliphatic heterocycles. The number of amides is 2. The van der Waals surface area contributed by atoms with Gasteiger partial charge in [0.05, 0.1) is 43.4 Å². The smallest absolute Gasteiger partial charge is 0.257 e. The van der Waals surface area contributed by atoms with E-state index in [0.717, 1.165) is 87.7 Å². The first kappa shape index (κ1) is 41.5. The first-order chi connectivity index (χ1) is 29.3. The molecule has 2 saturated heterocycles. The molecule has 3 aromatic carbocycles. The van der Waals surface area contributed by atoms with Crippen molar-refractivity contribution in [3.8, 4) is 22.8 Å². The van der Waals surface area contributed by atoms with Crippen LogP contribution in [0.25, 0.3) is 22.2 Å². The average Bonchev–Trinajstić information content (AvgIpc) is 3.64. The van der Waals surface area contributed by atoms with E-state index in [1.165, 1.54) is 11.1 Å². The quantitative estimate of drug-likeness (QED) is 0.116. The number of carbonyl (C=O) groups is 2. The second-order valence-electron chi connectivity index (χ2n) is 16.3. The highest BCUT2D eigenvalue weighted by atomic mass is 19.1. The lowest BCUT2D eigenvalue weighted by molar-refractivity contribution is -0.00431. The Hall–Kier alpha value is -5.25. The van der Waals surface area contributed by atoms with Crippen molar-refractivity contribution >= 4 is 22.8 Å². The van der Waals surface area contributed by atoms with E-state index in [-0.39, 0.29) is 42.1 Å². The Balaban J connectivity index is 0.942. The summed E-state index contributed by atoms with van der Waals surface area (Å²) in [5, 5.41) is 15.6. The van der Waals surface area contributed by atoms with E-state index in [9.17, 15) is 19.1 Å². The summed E-state index contributed by atoms with van der Waals surface area (Å²) >= 11 is 0. The minimum absolute atomic E-state index is 0.0160. The molecule has 1 aliphatic carbocycles. The molecule has 316 valence electrons. The van der Waals surface area contributed by atoms with Crippen LogP contribution in [0.4, 0.5) is 4.39 Å².